The summed E-state index contributed by atoms with van der Waals surface area (Å²) in [5, 5.41) is 0. The molecule has 0 atom stereocenters. The average molecular weight is 302 g/mol. The van der Waals surface area contributed by atoms with Gasteiger partial charge in [-0.3, -0.25) is 0 Å². The predicted molar refractivity (Wildman–Crippen MR) is 67.4 cm³/mol. The number of sulfonamides is 1. The monoisotopic (exact) mass is 301 g/mol. The third kappa shape index (κ3) is 3.34. The first-order valence-electron chi connectivity index (χ1n) is 4.54. The highest BCUT2D eigenvalue weighted by Gasteiger charge is 2.24. The fourth-order valence-electron chi connectivity index (χ4n) is 1.06. The molecule has 0 aromatic heterocycles. The van der Waals surface area contributed by atoms with Gasteiger partial charge in [0.15, 0.2) is 0 Å². The summed E-state index contributed by atoms with van der Waals surface area (Å²) in [6.07, 6.45) is 5.24. The van der Waals surface area contributed by atoms with E-state index in [0.29, 0.717) is 4.47 Å². The van der Waals surface area contributed by atoms with E-state index < -0.39 is 15.6 Å². The Labute approximate surface area is 104 Å². The fourth-order valence-corrected chi connectivity index (χ4v) is 3.00. The molecule has 1 aromatic rings. The van der Waals surface area contributed by atoms with Crippen LogP contribution in [-0.4, -0.2) is 14.0 Å². The molecular formula is C11H12BrNO2S. The van der Waals surface area contributed by atoms with Crippen LogP contribution in [0.3, 0.4) is 0 Å². The Morgan fingerprint density at radius 1 is 1.44 bits per heavy atom. The molecule has 1 aromatic carbocycles. The topological polar surface area (TPSA) is 46.2 Å². The van der Waals surface area contributed by atoms with E-state index in [1.165, 1.54) is 12.1 Å². The van der Waals surface area contributed by atoms with E-state index in [1.54, 1.807) is 26.0 Å². The molecule has 0 saturated carbocycles. The first kappa shape index (κ1) is 13.2. The number of hydrogen-bond acceptors (Lipinski definition) is 2. The summed E-state index contributed by atoms with van der Waals surface area (Å²) in [4.78, 5) is 0.185. The molecule has 16 heavy (non-hydrogen) atoms. The standard InChI is InChI=1S/C11H12BrNO2S/c1-4-11(2,3)13-16(14,15)10-7-5-6-9(12)8-10/h1,5-8,13H,2-3H3. The van der Waals surface area contributed by atoms with Gasteiger partial charge in [0.2, 0.25) is 10.0 Å². The van der Waals surface area contributed by atoms with Crippen LogP contribution in [0.25, 0.3) is 0 Å². The maximum absolute atomic E-state index is 11.9. The molecule has 1 rings (SSSR count). The van der Waals surface area contributed by atoms with Crippen molar-refractivity contribution in [3.8, 4) is 12.3 Å². The first-order valence-corrected chi connectivity index (χ1v) is 6.82. The molecule has 0 saturated heterocycles. The van der Waals surface area contributed by atoms with E-state index in [4.69, 9.17) is 6.42 Å². The van der Waals surface area contributed by atoms with Crippen LogP contribution >= 0.6 is 15.9 Å². The van der Waals surface area contributed by atoms with Crippen molar-refractivity contribution in [1.29, 1.82) is 0 Å². The maximum Gasteiger partial charge on any atom is 0.241 e. The minimum Gasteiger partial charge on any atom is -0.207 e. The van der Waals surface area contributed by atoms with Crippen LogP contribution in [0.1, 0.15) is 13.8 Å². The summed E-state index contributed by atoms with van der Waals surface area (Å²) < 4.78 is 27.0. The number of halogens is 1. The van der Waals surface area contributed by atoms with Gasteiger partial charge in [-0.15, -0.1) is 6.42 Å². The highest BCUT2D eigenvalue weighted by molar-refractivity contribution is 9.10. The van der Waals surface area contributed by atoms with Crippen molar-refractivity contribution in [3.05, 3.63) is 28.7 Å². The summed E-state index contributed by atoms with van der Waals surface area (Å²) in [5.74, 6) is 2.38. The largest absolute Gasteiger partial charge is 0.241 e. The lowest BCUT2D eigenvalue weighted by atomic mass is 10.1. The zero-order valence-corrected chi connectivity index (χ0v) is 11.4. The van der Waals surface area contributed by atoms with E-state index >= 15 is 0 Å². The van der Waals surface area contributed by atoms with Gasteiger partial charge in [0.1, 0.15) is 0 Å². The Hall–Kier alpha value is -0.830. The number of hydrogen-bond donors (Lipinski definition) is 1. The van der Waals surface area contributed by atoms with Crippen LogP contribution < -0.4 is 4.72 Å². The summed E-state index contributed by atoms with van der Waals surface area (Å²) in [7, 11) is -3.58. The quantitative estimate of drug-likeness (QED) is 0.870. The van der Waals surface area contributed by atoms with Crippen LogP contribution in [0.5, 0.6) is 0 Å². The van der Waals surface area contributed by atoms with E-state index in [9.17, 15) is 8.42 Å². The summed E-state index contributed by atoms with van der Waals surface area (Å²) >= 11 is 3.22. The number of terminal acetylenes is 1. The number of rotatable bonds is 3. The molecule has 5 heteroatoms. The minimum absolute atomic E-state index is 0.185. The molecule has 86 valence electrons. The molecule has 0 fully saturated rings. The normalized spacial score (nSPS) is 12.1. The molecular weight excluding hydrogens is 290 g/mol. The number of benzene rings is 1. The molecule has 3 nitrogen and oxygen atoms in total. The van der Waals surface area contributed by atoms with Gasteiger partial charge in [-0.25, -0.2) is 8.42 Å². The van der Waals surface area contributed by atoms with E-state index in [1.807, 2.05) is 0 Å². The summed E-state index contributed by atoms with van der Waals surface area (Å²) in [6, 6.07) is 6.45. The van der Waals surface area contributed by atoms with Gasteiger partial charge < -0.3 is 0 Å². The lowest BCUT2D eigenvalue weighted by molar-refractivity contribution is 0.539. The SMILES string of the molecule is C#CC(C)(C)NS(=O)(=O)c1cccc(Br)c1. The van der Waals surface area contributed by atoms with Gasteiger partial charge in [-0.05, 0) is 32.0 Å². The van der Waals surface area contributed by atoms with Gasteiger partial charge >= 0.3 is 0 Å². The van der Waals surface area contributed by atoms with Gasteiger partial charge in [0.05, 0.1) is 10.4 Å². The van der Waals surface area contributed by atoms with E-state index in [2.05, 4.69) is 26.6 Å². The summed E-state index contributed by atoms with van der Waals surface area (Å²) in [6.45, 7) is 3.26. The van der Waals surface area contributed by atoms with Crippen molar-refractivity contribution in [1.82, 2.24) is 4.72 Å². The first-order chi connectivity index (χ1) is 7.27. The lowest BCUT2D eigenvalue weighted by Crippen LogP contribution is -2.41. The molecule has 0 unspecified atom stereocenters. The van der Waals surface area contributed by atoms with E-state index in [0.717, 1.165) is 0 Å². The van der Waals surface area contributed by atoms with Crippen molar-refractivity contribution in [3.63, 3.8) is 0 Å². The van der Waals surface area contributed by atoms with Gasteiger partial charge in [-0.1, -0.05) is 27.9 Å². The van der Waals surface area contributed by atoms with Crippen LogP contribution in [-0.2, 0) is 10.0 Å². The fraction of sp³-hybridized carbons (Fsp3) is 0.273. The van der Waals surface area contributed by atoms with Crippen molar-refractivity contribution < 1.29 is 8.42 Å². The Balaban J connectivity index is 3.10. The Bertz CT molecular complexity index is 529. The Kier molecular flexibility index (Phi) is 3.79. The van der Waals surface area contributed by atoms with Gasteiger partial charge in [-0.2, -0.15) is 4.72 Å². The predicted octanol–water partition coefficient (Wildman–Crippen LogP) is 2.14. The zero-order valence-electron chi connectivity index (χ0n) is 8.99. The molecule has 0 spiro atoms. The van der Waals surface area contributed by atoms with Gasteiger partial charge in [0.25, 0.3) is 0 Å². The number of nitrogens with one attached hydrogen (secondary N) is 1. The average Bonchev–Trinajstić information content (AvgIpc) is 2.16. The van der Waals surface area contributed by atoms with Crippen molar-refractivity contribution in [2.24, 2.45) is 0 Å². The van der Waals surface area contributed by atoms with Crippen LogP contribution in [0.4, 0.5) is 0 Å². The van der Waals surface area contributed by atoms with Crippen molar-refractivity contribution in [2.45, 2.75) is 24.3 Å². The molecule has 0 aliphatic carbocycles. The zero-order chi connectivity index (χ0) is 12.4. The molecule has 0 aliphatic heterocycles. The van der Waals surface area contributed by atoms with E-state index in [-0.39, 0.29) is 4.90 Å². The third-order valence-electron chi connectivity index (χ3n) is 1.86. The van der Waals surface area contributed by atoms with Crippen LogP contribution in [0.2, 0.25) is 0 Å². The molecule has 0 amide bonds. The van der Waals surface area contributed by atoms with Crippen LogP contribution in [0, 0.1) is 12.3 Å². The minimum atomic E-state index is -3.58. The molecule has 0 radical (unpaired) electrons. The Morgan fingerprint density at radius 3 is 2.56 bits per heavy atom. The van der Waals surface area contributed by atoms with Gasteiger partial charge in [0, 0.05) is 4.47 Å². The third-order valence-corrected chi connectivity index (χ3v) is 4.00. The molecule has 0 bridgehead atoms. The molecule has 1 N–H and O–H groups in total. The maximum atomic E-state index is 11.9. The van der Waals surface area contributed by atoms with Crippen LogP contribution in [0.15, 0.2) is 33.6 Å². The second kappa shape index (κ2) is 4.58. The molecule has 0 heterocycles. The van der Waals surface area contributed by atoms with Crippen molar-refractivity contribution in [2.75, 3.05) is 0 Å². The molecule has 0 aliphatic rings. The Morgan fingerprint density at radius 2 is 2.06 bits per heavy atom. The van der Waals surface area contributed by atoms with Crippen molar-refractivity contribution >= 4 is 26.0 Å². The smallest absolute Gasteiger partial charge is 0.207 e. The lowest BCUT2D eigenvalue weighted by Gasteiger charge is -2.19. The summed E-state index contributed by atoms with van der Waals surface area (Å²) in [5.41, 5.74) is -0.902. The second-order valence-corrected chi connectivity index (χ2v) is 6.43. The highest BCUT2D eigenvalue weighted by atomic mass is 79.9. The second-order valence-electron chi connectivity index (χ2n) is 3.83. The highest BCUT2D eigenvalue weighted by Crippen LogP contribution is 2.17.